The highest BCUT2D eigenvalue weighted by molar-refractivity contribution is 6.01. The Hall–Kier alpha value is -2.88. The van der Waals surface area contributed by atoms with E-state index in [1.807, 2.05) is 60.3 Å². The van der Waals surface area contributed by atoms with E-state index >= 15 is 0 Å². The van der Waals surface area contributed by atoms with Gasteiger partial charge in [-0.2, -0.15) is 0 Å². The molecule has 4 aliphatic carbocycles. The summed E-state index contributed by atoms with van der Waals surface area (Å²) in [7, 11) is 0. The van der Waals surface area contributed by atoms with Gasteiger partial charge in [0.25, 0.3) is 0 Å². The van der Waals surface area contributed by atoms with Crippen LogP contribution in [0.3, 0.4) is 0 Å². The number of ether oxygens (including phenoxy) is 2. The average Bonchev–Trinajstić information content (AvgIpc) is 3.66. The standard InChI is InChI=1S/C35H41NO7/c1-20-11-25-27-14-30-35(29(41)19-38,34(27,3)15-28(40)31(25)33(2)9-7-24(39)13-26(20)33)43-32(42-30)23-8-10-36(17-23)16-21-5-4-6-22(12-21)18-37/h4-10,12-13,17,20,25,27-28,30-32,37-38,40H,11,14-16,18-19H2,1-3H3/t20-,25-,27-,28-,30+,31+,32+,33-,34-,35+/m0/s1. The first-order valence-corrected chi connectivity index (χ1v) is 15.5. The molecule has 0 bridgehead atoms. The molecule has 0 amide bonds. The molecule has 8 nitrogen and oxygen atoms in total. The number of aliphatic hydroxyl groups is 3. The molecule has 10 atom stereocenters. The molecule has 1 aliphatic heterocycles. The van der Waals surface area contributed by atoms with Crippen LogP contribution < -0.4 is 0 Å². The zero-order valence-corrected chi connectivity index (χ0v) is 25.0. The lowest BCUT2D eigenvalue weighted by molar-refractivity contribution is -0.202. The molecule has 8 heteroatoms. The lowest BCUT2D eigenvalue weighted by Crippen LogP contribution is -2.64. The molecule has 4 fully saturated rings. The van der Waals surface area contributed by atoms with Crippen molar-refractivity contribution in [2.75, 3.05) is 6.61 Å². The molecule has 0 unspecified atom stereocenters. The van der Waals surface area contributed by atoms with Gasteiger partial charge in [0.05, 0.1) is 18.8 Å². The summed E-state index contributed by atoms with van der Waals surface area (Å²) in [6, 6.07) is 9.72. The van der Waals surface area contributed by atoms with Crippen LogP contribution in [0.15, 0.2) is 66.5 Å². The van der Waals surface area contributed by atoms with Gasteiger partial charge >= 0.3 is 0 Å². The summed E-state index contributed by atoms with van der Waals surface area (Å²) >= 11 is 0. The first kappa shape index (κ1) is 28.9. The van der Waals surface area contributed by atoms with Gasteiger partial charge in [0.15, 0.2) is 23.5 Å². The summed E-state index contributed by atoms with van der Waals surface area (Å²) in [5.74, 6) is -0.193. The second-order valence-electron chi connectivity index (χ2n) is 14.0. The Morgan fingerprint density at radius 2 is 1.93 bits per heavy atom. The van der Waals surface area contributed by atoms with E-state index in [0.717, 1.165) is 28.7 Å². The van der Waals surface area contributed by atoms with Crippen LogP contribution in [0.5, 0.6) is 0 Å². The van der Waals surface area contributed by atoms with Gasteiger partial charge in [-0.15, -0.1) is 0 Å². The lowest BCUT2D eigenvalue weighted by Gasteiger charge is -2.61. The van der Waals surface area contributed by atoms with Crippen molar-refractivity contribution < 1.29 is 34.4 Å². The molecule has 2 heterocycles. The van der Waals surface area contributed by atoms with Crippen LogP contribution in [0, 0.1) is 34.5 Å². The summed E-state index contributed by atoms with van der Waals surface area (Å²) in [6.07, 6.45) is 8.99. The monoisotopic (exact) mass is 587 g/mol. The number of carbonyl (C=O) groups excluding carboxylic acids is 2. The van der Waals surface area contributed by atoms with E-state index in [9.17, 15) is 24.9 Å². The van der Waals surface area contributed by atoms with Crippen molar-refractivity contribution in [2.45, 2.75) is 77.3 Å². The fraction of sp³-hybridized carbons (Fsp3) is 0.543. The molecular weight excluding hydrogens is 546 g/mol. The van der Waals surface area contributed by atoms with Crippen LogP contribution in [-0.2, 0) is 32.2 Å². The summed E-state index contributed by atoms with van der Waals surface area (Å²) in [5, 5.41) is 31.6. The van der Waals surface area contributed by atoms with Gasteiger partial charge in [-0.25, -0.2) is 0 Å². The van der Waals surface area contributed by atoms with E-state index in [2.05, 4.69) is 13.8 Å². The molecule has 228 valence electrons. The molecule has 1 saturated heterocycles. The zero-order chi connectivity index (χ0) is 30.3. The number of carbonyl (C=O) groups is 2. The van der Waals surface area contributed by atoms with Gasteiger partial charge in [-0.3, -0.25) is 9.59 Å². The minimum atomic E-state index is -1.38. The fourth-order valence-electron chi connectivity index (χ4n) is 9.99. The maximum atomic E-state index is 13.8. The Morgan fingerprint density at radius 3 is 2.70 bits per heavy atom. The number of ketones is 2. The molecule has 3 saturated carbocycles. The highest BCUT2D eigenvalue weighted by Gasteiger charge is 2.76. The van der Waals surface area contributed by atoms with Crippen molar-refractivity contribution in [3.63, 3.8) is 0 Å². The third-order valence-corrected chi connectivity index (χ3v) is 11.7. The number of hydrogen-bond acceptors (Lipinski definition) is 7. The first-order valence-electron chi connectivity index (χ1n) is 15.5. The number of benzene rings is 1. The van der Waals surface area contributed by atoms with E-state index in [1.54, 1.807) is 12.2 Å². The summed E-state index contributed by atoms with van der Waals surface area (Å²) in [5.41, 5.74) is 1.22. The van der Waals surface area contributed by atoms with Gasteiger partial charge in [-0.05, 0) is 66.4 Å². The molecule has 0 radical (unpaired) electrons. The zero-order valence-electron chi connectivity index (χ0n) is 25.0. The van der Waals surface area contributed by atoms with E-state index in [0.29, 0.717) is 19.4 Å². The fourth-order valence-corrected chi connectivity index (χ4v) is 9.99. The van der Waals surface area contributed by atoms with Gasteiger partial charge < -0.3 is 29.4 Å². The molecular formula is C35H41NO7. The van der Waals surface area contributed by atoms with E-state index in [4.69, 9.17) is 9.47 Å². The predicted octanol–water partition coefficient (Wildman–Crippen LogP) is 3.88. The molecule has 7 rings (SSSR count). The topological polar surface area (TPSA) is 118 Å². The quantitative estimate of drug-likeness (QED) is 0.470. The number of rotatable bonds is 6. The minimum absolute atomic E-state index is 0.00356. The largest absolute Gasteiger partial charge is 0.393 e. The number of Topliss-reactive ketones (excluding diaryl/α,β-unsaturated/α-hetero) is 1. The van der Waals surface area contributed by atoms with Crippen LogP contribution in [0.4, 0.5) is 0 Å². The number of allylic oxidation sites excluding steroid dienone is 4. The minimum Gasteiger partial charge on any atom is -0.393 e. The van der Waals surface area contributed by atoms with E-state index < -0.39 is 47.3 Å². The lowest BCUT2D eigenvalue weighted by atomic mass is 9.44. The predicted molar refractivity (Wildman–Crippen MR) is 157 cm³/mol. The maximum absolute atomic E-state index is 13.8. The Bertz CT molecular complexity index is 1530. The molecule has 0 spiro atoms. The van der Waals surface area contributed by atoms with E-state index in [1.165, 1.54) is 0 Å². The number of aromatic nitrogens is 1. The van der Waals surface area contributed by atoms with Crippen molar-refractivity contribution in [1.82, 2.24) is 4.57 Å². The van der Waals surface area contributed by atoms with Crippen LogP contribution >= 0.6 is 0 Å². The Morgan fingerprint density at radius 1 is 1.14 bits per heavy atom. The van der Waals surface area contributed by atoms with Crippen LogP contribution in [0.2, 0.25) is 0 Å². The summed E-state index contributed by atoms with van der Waals surface area (Å²) in [6.45, 7) is 6.27. The average molecular weight is 588 g/mol. The van der Waals surface area contributed by atoms with Gasteiger partial charge in [0, 0.05) is 41.2 Å². The summed E-state index contributed by atoms with van der Waals surface area (Å²) < 4.78 is 15.3. The van der Waals surface area contributed by atoms with Crippen molar-refractivity contribution in [1.29, 1.82) is 0 Å². The number of hydrogen-bond donors (Lipinski definition) is 3. The maximum Gasteiger partial charge on any atom is 0.193 e. The number of fused-ring (bicyclic) bond motifs is 7. The Balaban J connectivity index is 1.19. The highest BCUT2D eigenvalue weighted by atomic mass is 16.7. The molecule has 3 N–H and O–H groups in total. The van der Waals surface area contributed by atoms with Gasteiger partial charge in [-0.1, -0.05) is 56.7 Å². The number of aliphatic hydroxyl groups excluding tert-OH is 3. The Kier molecular flexibility index (Phi) is 6.76. The molecule has 1 aromatic heterocycles. The molecule has 5 aliphatic rings. The van der Waals surface area contributed by atoms with Crippen molar-refractivity contribution in [3.8, 4) is 0 Å². The van der Waals surface area contributed by atoms with Gasteiger partial charge in [0.2, 0.25) is 0 Å². The molecule has 43 heavy (non-hydrogen) atoms. The van der Waals surface area contributed by atoms with Crippen LogP contribution in [-0.4, -0.2) is 55.9 Å². The smallest absolute Gasteiger partial charge is 0.193 e. The SMILES string of the molecule is C[C@H]1C[C@@H]2[C@H]([C@@H](O)C[C@@]3(C)[C@H]2C[C@H]2O[C@@H](c4ccn(Cc5cccc(CO)c5)c4)O[C@]23C(=O)CO)[C@@]2(C)C=CC(=O)C=C12. The van der Waals surface area contributed by atoms with Crippen molar-refractivity contribution in [2.24, 2.45) is 34.5 Å². The van der Waals surface area contributed by atoms with Crippen LogP contribution in [0.1, 0.15) is 63.0 Å². The van der Waals surface area contributed by atoms with Gasteiger partial charge in [0.1, 0.15) is 6.61 Å². The van der Waals surface area contributed by atoms with Crippen LogP contribution in [0.25, 0.3) is 0 Å². The third kappa shape index (κ3) is 4.07. The molecule has 1 aromatic carbocycles. The Labute approximate surface area is 252 Å². The highest BCUT2D eigenvalue weighted by Crippen LogP contribution is 2.71. The summed E-state index contributed by atoms with van der Waals surface area (Å²) in [4.78, 5) is 26.1. The normalized spacial score (nSPS) is 41.3. The van der Waals surface area contributed by atoms with E-state index in [-0.39, 0.29) is 36.1 Å². The van der Waals surface area contributed by atoms with Crippen molar-refractivity contribution in [3.05, 3.63) is 83.2 Å². The second-order valence-corrected chi connectivity index (χ2v) is 14.0. The third-order valence-electron chi connectivity index (χ3n) is 11.7. The van der Waals surface area contributed by atoms with Crippen molar-refractivity contribution >= 4 is 11.6 Å². The molecule has 2 aromatic rings. The first-order chi connectivity index (χ1) is 20.5. The second kappa shape index (κ2) is 10.1. The number of nitrogens with zero attached hydrogens (tertiary/aromatic N) is 1.